The highest BCUT2D eigenvalue weighted by Gasteiger charge is 2.02. The van der Waals surface area contributed by atoms with E-state index < -0.39 is 0 Å². The van der Waals surface area contributed by atoms with Gasteiger partial charge in [0, 0.05) is 18.4 Å². The summed E-state index contributed by atoms with van der Waals surface area (Å²) in [5.41, 5.74) is 11.4. The summed E-state index contributed by atoms with van der Waals surface area (Å²) in [4.78, 5) is 0. The predicted molar refractivity (Wildman–Crippen MR) is 70.6 cm³/mol. The van der Waals surface area contributed by atoms with Crippen molar-refractivity contribution >= 4 is 11.4 Å². The SMILES string of the molecule is CNc1ccc(-c2cc(N)ccc2C)cc1. The van der Waals surface area contributed by atoms with Gasteiger partial charge in [-0.15, -0.1) is 0 Å². The summed E-state index contributed by atoms with van der Waals surface area (Å²) < 4.78 is 0. The van der Waals surface area contributed by atoms with Gasteiger partial charge in [0.1, 0.15) is 0 Å². The van der Waals surface area contributed by atoms with Gasteiger partial charge >= 0.3 is 0 Å². The highest BCUT2D eigenvalue weighted by molar-refractivity contribution is 5.72. The van der Waals surface area contributed by atoms with Gasteiger partial charge in [0.15, 0.2) is 0 Å². The third kappa shape index (κ3) is 2.01. The van der Waals surface area contributed by atoms with Crippen molar-refractivity contribution in [2.24, 2.45) is 0 Å². The Kier molecular flexibility index (Phi) is 2.82. The fourth-order valence-corrected chi connectivity index (χ4v) is 1.77. The number of hydrogen-bond donors (Lipinski definition) is 2. The number of anilines is 2. The van der Waals surface area contributed by atoms with Crippen LogP contribution in [-0.2, 0) is 0 Å². The minimum absolute atomic E-state index is 0.804. The van der Waals surface area contributed by atoms with Gasteiger partial charge in [0.2, 0.25) is 0 Å². The van der Waals surface area contributed by atoms with E-state index >= 15 is 0 Å². The van der Waals surface area contributed by atoms with Crippen LogP contribution >= 0.6 is 0 Å². The molecule has 0 aliphatic rings. The van der Waals surface area contributed by atoms with Crippen LogP contribution in [0.3, 0.4) is 0 Å². The zero-order valence-electron chi connectivity index (χ0n) is 9.62. The van der Waals surface area contributed by atoms with Crippen molar-refractivity contribution in [1.29, 1.82) is 0 Å². The molecule has 0 heterocycles. The van der Waals surface area contributed by atoms with Crippen LogP contribution in [0.5, 0.6) is 0 Å². The molecule has 0 saturated heterocycles. The van der Waals surface area contributed by atoms with Crippen molar-refractivity contribution in [3.8, 4) is 11.1 Å². The Bertz CT molecular complexity index is 487. The Morgan fingerprint density at radius 2 is 1.69 bits per heavy atom. The van der Waals surface area contributed by atoms with Crippen molar-refractivity contribution in [3.05, 3.63) is 48.0 Å². The number of nitrogens with one attached hydrogen (secondary N) is 1. The second kappa shape index (κ2) is 4.27. The number of nitrogens with two attached hydrogens (primary N) is 1. The van der Waals surface area contributed by atoms with Gasteiger partial charge in [-0.05, 0) is 47.9 Å². The number of aryl methyl sites for hydroxylation is 1. The van der Waals surface area contributed by atoms with E-state index in [1.807, 2.05) is 19.2 Å². The fourth-order valence-electron chi connectivity index (χ4n) is 1.77. The topological polar surface area (TPSA) is 38.0 Å². The van der Waals surface area contributed by atoms with Crippen molar-refractivity contribution in [2.45, 2.75) is 6.92 Å². The van der Waals surface area contributed by atoms with Gasteiger partial charge < -0.3 is 11.1 Å². The summed E-state index contributed by atoms with van der Waals surface area (Å²) >= 11 is 0. The molecule has 2 aromatic rings. The van der Waals surface area contributed by atoms with Crippen LogP contribution in [0.2, 0.25) is 0 Å². The second-order valence-corrected chi connectivity index (χ2v) is 3.90. The summed E-state index contributed by atoms with van der Waals surface area (Å²) in [7, 11) is 1.92. The van der Waals surface area contributed by atoms with Gasteiger partial charge in [-0.3, -0.25) is 0 Å². The summed E-state index contributed by atoms with van der Waals surface area (Å²) in [6.45, 7) is 2.10. The largest absolute Gasteiger partial charge is 0.399 e. The van der Waals surface area contributed by atoms with Crippen LogP contribution in [0.25, 0.3) is 11.1 Å². The maximum Gasteiger partial charge on any atom is 0.0337 e. The zero-order chi connectivity index (χ0) is 11.5. The van der Waals surface area contributed by atoms with Gasteiger partial charge in [0.05, 0.1) is 0 Å². The van der Waals surface area contributed by atoms with E-state index in [0.717, 1.165) is 11.4 Å². The van der Waals surface area contributed by atoms with Crippen LogP contribution in [0.4, 0.5) is 11.4 Å². The monoisotopic (exact) mass is 212 g/mol. The van der Waals surface area contributed by atoms with E-state index in [9.17, 15) is 0 Å². The van der Waals surface area contributed by atoms with Crippen LogP contribution in [0.15, 0.2) is 42.5 Å². The number of benzene rings is 2. The molecule has 0 aliphatic carbocycles. The molecular formula is C14H16N2. The summed E-state index contributed by atoms with van der Waals surface area (Å²) in [5, 5.41) is 3.11. The average molecular weight is 212 g/mol. The summed E-state index contributed by atoms with van der Waals surface area (Å²) in [5.74, 6) is 0. The van der Waals surface area contributed by atoms with Gasteiger partial charge in [-0.2, -0.15) is 0 Å². The molecule has 0 saturated carbocycles. The zero-order valence-corrected chi connectivity index (χ0v) is 9.62. The van der Waals surface area contributed by atoms with Gasteiger partial charge in [-0.1, -0.05) is 18.2 Å². The fraction of sp³-hybridized carbons (Fsp3) is 0.143. The highest BCUT2D eigenvalue weighted by atomic mass is 14.8. The van der Waals surface area contributed by atoms with E-state index in [4.69, 9.17) is 5.73 Å². The van der Waals surface area contributed by atoms with Crippen LogP contribution < -0.4 is 11.1 Å². The lowest BCUT2D eigenvalue weighted by molar-refractivity contribution is 1.45. The normalized spacial score (nSPS) is 10.1. The molecule has 2 rings (SSSR count). The first kappa shape index (κ1) is 10.6. The molecule has 0 fully saturated rings. The van der Waals surface area contributed by atoms with Crippen molar-refractivity contribution in [1.82, 2.24) is 0 Å². The smallest absolute Gasteiger partial charge is 0.0337 e. The molecule has 0 bridgehead atoms. The standard InChI is InChI=1S/C14H16N2/c1-10-3-6-12(15)9-14(10)11-4-7-13(16-2)8-5-11/h3-9,16H,15H2,1-2H3. The predicted octanol–water partition coefficient (Wildman–Crippen LogP) is 3.29. The van der Waals surface area contributed by atoms with Crippen molar-refractivity contribution < 1.29 is 0 Å². The Morgan fingerprint density at radius 1 is 1.00 bits per heavy atom. The quantitative estimate of drug-likeness (QED) is 0.750. The van der Waals surface area contributed by atoms with Crippen LogP contribution in [-0.4, -0.2) is 7.05 Å². The average Bonchev–Trinajstić information content (AvgIpc) is 2.32. The first-order valence-corrected chi connectivity index (χ1v) is 5.35. The van der Waals surface area contributed by atoms with E-state index in [1.165, 1.54) is 16.7 Å². The molecule has 2 heteroatoms. The third-order valence-corrected chi connectivity index (χ3v) is 2.75. The molecule has 3 N–H and O–H groups in total. The summed E-state index contributed by atoms with van der Waals surface area (Å²) in [6.07, 6.45) is 0. The molecule has 0 spiro atoms. The van der Waals surface area contributed by atoms with E-state index in [0.29, 0.717) is 0 Å². The molecule has 0 atom stereocenters. The molecule has 2 aromatic carbocycles. The Morgan fingerprint density at radius 3 is 2.31 bits per heavy atom. The molecule has 0 aromatic heterocycles. The molecular weight excluding hydrogens is 196 g/mol. The van der Waals surface area contributed by atoms with Gasteiger partial charge in [0.25, 0.3) is 0 Å². The molecule has 16 heavy (non-hydrogen) atoms. The van der Waals surface area contributed by atoms with Crippen molar-refractivity contribution in [2.75, 3.05) is 18.1 Å². The van der Waals surface area contributed by atoms with Crippen molar-refractivity contribution in [3.63, 3.8) is 0 Å². The van der Waals surface area contributed by atoms with E-state index in [2.05, 4.69) is 42.6 Å². The molecule has 0 amide bonds. The number of rotatable bonds is 2. The minimum atomic E-state index is 0.804. The van der Waals surface area contributed by atoms with Crippen LogP contribution in [0.1, 0.15) is 5.56 Å². The second-order valence-electron chi connectivity index (χ2n) is 3.90. The Hall–Kier alpha value is -1.96. The van der Waals surface area contributed by atoms with E-state index in [1.54, 1.807) is 0 Å². The summed E-state index contributed by atoms with van der Waals surface area (Å²) in [6, 6.07) is 14.3. The first-order chi connectivity index (χ1) is 7.70. The minimum Gasteiger partial charge on any atom is -0.399 e. The molecule has 2 nitrogen and oxygen atoms in total. The first-order valence-electron chi connectivity index (χ1n) is 5.35. The molecule has 0 unspecified atom stereocenters. The Labute approximate surface area is 96.1 Å². The Balaban J connectivity index is 2.45. The maximum atomic E-state index is 5.81. The lowest BCUT2D eigenvalue weighted by atomic mass is 10.00. The molecule has 0 aliphatic heterocycles. The van der Waals surface area contributed by atoms with E-state index in [-0.39, 0.29) is 0 Å². The lowest BCUT2D eigenvalue weighted by Gasteiger charge is -2.08. The number of hydrogen-bond acceptors (Lipinski definition) is 2. The highest BCUT2D eigenvalue weighted by Crippen LogP contribution is 2.26. The number of nitrogen functional groups attached to an aromatic ring is 1. The van der Waals surface area contributed by atoms with Gasteiger partial charge in [-0.25, -0.2) is 0 Å². The lowest BCUT2D eigenvalue weighted by Crippen LogP contribution is -1.90. The molecule has 0 radical (unpaired) electrons. The maximum absolute atomic E-state index is 5.81. The molecule has 82 valence electrons. The van der Waals surface area contributed by atoms with Crippen LogP contribution in [0, 0.1) is 6.92 Å². The third-order valence-electron chi connectivity index (χ3n) is 2.75.